The van der Waals surface area contributed by atoms with E-state index in [-0.39, 0.29) is 5.41 Å². The maximum atomic E-state index is 5.39. The lowest BCUT2D eigenvalue weighted by Gasteiger charge is -2.26. The molecule has 0 radical (unpaired) electrons. The molecule has 0 amide bonds. The third kappa shape index (κ3) is 3.18. The van der Waals surface area contributed by atoms with Crippen LogP contribution in [-0.2, 0) is 6.42 Å². The van der Waals surface area contributed by atoms with Crippen LogP contribution in [0.5, 0.6) is 0 Å². The number of rotatable bonds is 2. The summed E-state index contributed by atoms with van der Waals surface area (Å²) in [5.74, 6) is 1.13. The molecule has 2 rings (SSSR count). The molecule has 1 aliphatic carbocycles. The van der Waals surface area contributed by atoms with Crippen molar-refractivity contribution in [1.82, 2.24) is 14.8 Å². The van der Waals surface area contributed by atoms with Gasteiger partial charge in [-0.1, -0.05) is 40.0 Å². The van der Waals surface area contributed by atoms with Gasteiger partial charge in [-0.15, -0.1) is 0 Å². The van der Waals surface area contributed by atoms with Gasteiger partial charge in [0.05, 0.1) is 0 Å². The highest BCUT2D eigenvalue weighted by atomic mass is 32.1. The Morgan fingerprint density at radius 3 is 2.53 bits per heavy atom. The van der Waals surface area contributed by atoms with Gasteiger partial charge in [-0.3, -0.25) is 5.10 Å². The average molecular weight is 253 g/mol. The first-order valence-corrected chi connectivity index (χ1v) is 7.04. The normalized spacial score (nSPS) is 18.5. The lowest BCUT2D eigenvalue weighted by Crippen LogP contribution is -2.19. The number of nitrogens with one attached hydrogen (secondary N) is 1. The van der Waals surface area contributed by atoms with Crippen LogP contribution in [0.25, 0.3) is 0 Å². The molecule has 3 nitrogen and oxygen atoms in total. The van der Waals surface area contributed by atoms with Crippen LogP contribution in [0, 0.1) is 10.2 Å². The van der Waals surface area contributed by atoms with Gasteiger partial charge in [0.2, 0.25) is 0 Å². The van der Waals surface area contributed by atoms with E-state index in [4.69, 9.17) is 12.2 Å². The van der Waals surface area contributed by atoms with Crippen molar-refractivity contribution >= 4 is 12.2 Å². The second-order valence-corrected chi connectivity index (χ2v) is 6.73. The average Bonchev–Trinajstić information content (AvgIpc) is 2.58. The molecule has 1 aliphatic rings. The highest BCUT2D eigenvalue weighted by molar-refractivity contribution is 7.71. The van der Waals surface area contributed by atoms with Crippen LogP contribution < -0.4 is 0 Å². The first-order chi connectivity index (χ1) is 7.97. The Kier molecular flexibility index (Phi) is 3.71. The summed E-state index contributed by atoms with van der Waals surface area (Å²) in [4.78, 5) is 0. The number of hydrogen-bond acceptors (Lipinski definition) is 2. The predicted octanol–water partition coefficient (Wildman–Crippen LogP) is 4.03. The summed E-state index contributed by atoms with van der Waals surface area (Å²) in [6.45, 7) is 6.74. The summed E-state index contributed by atoms with van der Waals surface area (Å²) < 4.78 is 3.08. The van der Waals surface area contributed by atoms with E-state index < -0.39 is 0 Å². The van der Waals surface area contributed by atoms with Gasteiger partial charge in [0, 0.05) is 12.5 Å². The summed E-state index contributed by atoms with van der Waals surface area (Å²) >= 11 is 5.39. The molecule has 0 unspecified atom stereocenters. The van der Waals surface area contributed by atoms with Crippen LogP contribution in [0.15, 0.2) is 0 Å². The molecule has 0 saturated heterocycles. The quantitative estimate of drug-likeness (QED) is 0.807. The van der Waals surface area contributed by atoms with E-state index in [2.05, 4.69) is 35.5 Å². The van der Waals surface area contributed by atoms with Crippen LogP contribution in [0.4, 0.5) is 0 Å². The van der Waals surface area contributed by atoms with Crippen molar-refractivity contribution in [2.45, 2.75) is 65.3 Å². The number of aromatic amines is 1. The van der Waals surface area contributed by atoms with E-state index in [0.717, 1.165) is 17.0 Å². The SMILES string of the molecule is CC(C)(C)Cc1n[nH]c(=S)n1C1CCCCC1. The zero-order valence-corrected chi connectivity index (χ0v) is 11.9. The fraction of sp³-hybridized carbons (Fsp3) is 0.846. The summed E-state index contributed by atoms with van der Waals surface area (Å²) in [7, 11) is 0. The lowest BCUT2D eigenvalue weighted by molar-refractivity contribution is 0.324. The van der Waals surface area contributed by atoms with Gasteiger partial charge in [-0.05, 0) is 30.5 Å². The fourth-order valence-electron chi connectivity index (χ4n) is 2.65. The zero-order chi connectivity index (χ0) is 12.5. The van der Waals surface area contributed by atoms with Gasteiger partial charge < -0.3 is 4.57 Å². The molecule has 0 aliphatic heterocycles. The van der Waals surface area contributed by atoms with Crippen LogP contribution in [0.1, 0.15) is 64.7 Å². The lowest BCUT2D eigenvalue weighted by atomic mass is 9.91. The highest BCUT2D eigenvalue weighted by Crippen LogP contribution is 2.30. The molecule has 0 atom stereocenters. The Labute approximate surface area is 109 Å². The Morgan fingerprint density at radius 2 is 1.94 bits per heavy atom. The molecule has 1 heterocycles. The Balaban J connectivity index is 2.25. The maximum Gasteiger partial charge on any atom is 0.195 e. The molecule has 96 valence electrons. The van der Waals surface area contributed by atoms with E-state index in [1.165, 1.54) is 32.1 Å². The van der Waals surface area contributed by atoms with Crippen molar-refractivity contribution in [3.63, 3.8) is 0 Å². The van der Waals surface area contributed by atoms with Crippen molar-refractivity contribution in [2.75, 3.05) is 0 Å². The minimum atomic E-state index is 0.257. The van der Waals surface area contributed by atoms with E-state index in [1.54, 1.807) is 0 Å². The standard InChI is InChI=1S/C13H23N3S/c1-13(2,3)9-11-14-15-12(17)16(11)10-7-5-4-6-8-10/h10H,4-9H2,1-3H3,(H,15,17). The molecular formula is C13H23N3S. The van der Waals surface area contributed by atoms with Gasteiger partial charge in [-0.25, -0.2) is 0 Å². The van der Waals surface area contributed by atoms with Gasteiger partial charge in [0.25, 0.3) is 0 Å². The third-order valence-electron chi connectivity index (χ3n) is 3.41. The van der Waals surface area contributed by atoms with Crippen molar-refractivity contribution in [1.29, 1.82) is 0 Å². The predicted molar refractivity (Wildman–Crippen MR) is 72.7 cm³/mol. The van der Waals surface area contributed by atoms with Crippen LogP contribution >= 0.6 is 12.2 Å². The molecular weight excluding hydrogens is 230 g/mol. The van der Waals surface area contributed by atoms with Crippen molar-refractivity contribution in [3.05, 3.63) is 10.6 Å². The molecule has 17 heavy (non-hydrogen) atoms. The van der Waals surface area contributed by atoms with Gasteiger partial charge in [0.15, 0.2) is 4.77 Å². The van der Waals surface area contributed by atoms with Crippen LogP contribution in [-0.4, -0.2) is 14.8 Å². The fourth-order valence-corrected chi connectivity index (χ4v) is 2.95. The summed E-state index contributed by atoms with van der Waals surface area (Å²) in [6.07, 6.45) is 7.52. The molecule has 0 aromatic carbocycles. The zero-order valence-electron chi connectivity index (χ0n) is 11.1. The second-order valence-electron chi connectivity index (χ2n) is 6.34. The molecule has 4 heteroatoms. The number of aromatic nitrogens is 3. The largest absolute Gasteiger partial charge is 0.301 e. The maximum absolute atomic E-state index is 5.39. The summed E-state index contributed by atoms with van der Waals surface area (Å²) in [5, 5.41) is 7.39. The molecule has 1 aromatic heterocycles. The minimum absolute atomic E-state index is 0.257. The smallest absolute Gasteiger partial charge is 0.195 e. The molecule has 1 fully saturated rings. The van der Waals surface area contributed by atoms with E-state index in [9.17, 15) is 0 Å². The van der Waals surface area contributed by atoms with Crippen molar-refractivity contribution in [2.24, 2.45) is 5.41 Å². The molecule has 1 aromatic rings. The van der Waals surface area contributed by atoms with Gasteiger partial charge >= 0.3 is 0 Å². The monoisotopic (exact) mass is 253 g/mol. The van der Waals surface area contributed by atoms with Crippen LogP contribution in [0.3, 0.4) is 0 Å². The number of hydrogen-bond donors (Lipinski definition) is 1. The van der Waals surface area contributed by atoms with Gasteiger partial charge in [-0.2, -0.15) is 5.10 Å². The second kappa shape index (κ2) is 4.92. The van der Waals surface area contributed by atoms with E-state index in [0.29, 0.717) is 6.04 Å². The van der Waals surface area contributed by atoms with Crippen LogP contribution in [0.2, 0.25) is 0 Å². The first kappa shape index (κ1) is 12.8. The van der Waals surface area contributed by atoms with E-state index in [1.807, 2.05) is 0 Å². The molecule has 1 saturated carbocycles. The van der Waals surface area contributed by atoms with Crippen molar-refractivity contribution < 1.29 is 0 Å². The van der Waals surface area contributed by atoms with Gasteiger partial charge in [0.1, 0.15) is 5.82 Å². The Bertz CT molecular complexity index is 419. The van der Waals surface area contributed by atoms with Crippen molar-refractivity contribution in [3.8, 4) is 0 Å². The Morgan fingerprint density at radius 1 is 1.29 bits per heavy atom. The summed E-state index contributed by atoms with van der Waals surface area (Å²) in [5.41, 5.74) is 0.257. The Hall–Kier alpha value is -0.640. The number of H-pyrrole nitrogens is 1. The molecule has 1 N–H and O–H groups in total. The third-order valence-corrected chi connectivity index (χ3v) is 3.69. The molecule has 0 bridgehead atoms. The van der Waals surface area contributed by atoms with E-state index >= 15 is 0 Å². The molecule has 0 spiro atoms. The number of nitrogens with zero attached hydrogens (tertiary/aromatic N) is 2. The summed E-state index contributed by atoms with van der Waals surface area (Å²) in [6, 6.07) is 0.576. The topological polar surface area (TPSA) is 33.6 Å². The minimum Gasteiger partial charge on any atom is -0.301 e. The first-order valence-electron chi connectivity index (χ1n) is 6.63. The highest BCUT2D eigenvalue weighted by Gasteiger charge is 2.22.